The molecular formula is C6H8N6O4S2. The summed E-state index contributed by atoms with van der Waals surface area (Å²) >= 11 is 0. The van der Waals surface area contributed by atoms with Gasteiger partial charge in [0.15, 0.2) is 20.5 Å². The number of sulfonamides is 1. The molecule has 0 fully saturated rings. The number of rotatable bonds is 4. The van der Waals surface area contributed by atoms with Gasteiger partial charge in [-0.15, -0.1) is 14.8 Å². The zero-order chi connectivity index (χ0) is 13.4. The molecule has 0 radical (unpaired) electrons. The van der Waals surface area contributed by atoms with Gasteiger partial charge in [0, 0.05) is 0 Å². The summed E-state index contributed by atoms with van der Waals surface area (Å²) in [4.78, 5) is 0. The number of nitrogens with zero attached hydrogens (tertiary/aromatic N) is 5. The Hall–Kier alpha value is -1.66. The maximum Gasteiger partial charge on any atom is 0.210 e. The topological polar surface area (TPSA) is 150 Å². The quantitative estimate of drug-likeness (QED) is 0.654. The molecule has 2 heterocycles. The van der Waals surface area contributed by atoms with E-state index in [4.69, 9.17) is 5.14 Å². The van der Waals surface area contributed by atoms with Crippen molar-refractivity contribution < 1.29 is 16.8 Å². The molecule has 12 heteroatoms. The van der Waals surface area contributed by atoms with Crippen LogP contribution < -0.4 is 5.14 Å². The normalized spacial score (nSPS) is 12.9. The number of sulfone groups is 1. The first kappa shape index (κ1) is 12.8. The van der Waals surface area contributed by atoms with Crippen LogP contribution in [0.5, 0.6) is 0 Å². The summed E-state index contributed by atoms with van der Waals surface area (Å²) in [5.74, 6) is -1.32. The third-order valence-corrected chi connectivity index (χ3v) is 4.63. The lowest BCUT2D eigenvalue weighted by Crippen LogP contribution is -2.24. The Balaban J connectivity index is 2.34. The first-order valence-corrected chi connectivity index (χ1v) is 7.93. The number of aromatic nitrogens is 5. The Morgan fingerprint density at radius 3 is 2.56 bits per heavy atom. The summed E-state index contributed by atoms with van der Waals surface area (Å²) in [5, 5.41) is 18.4. The predicted octanol–water partition coefficient (Wildman–Crippen LogP) is -2.42. The average Bonchev–Trinajstić information content (AvgIpc) is 2.72. The molecule has 0 atom stereocenters. The fraction of sp³-hybridized carbons (Fsp3) is 0.333. The van der Waals surface area contributed by atoms with Gasteiger partial charge in [-0.2, -0.15) is 0 Å². The van der Waals surface area contributed by atoms with Crippen LogP contribution in [-0.2, 0) is 19.9 Å². The van der Waals surface area contributed by atoms with Gasteiger partial charge < -0.3 is 0 Å². The van der Waals surface area contributed by atoms with Crippen LogP contribution in [0.1, 0.15) is 0 Å². The maximum absolute atomic E-state index is 11.8. The van der Waals surface area contributed by atoms with Crippen LogP contribution in [0.15, 0.2) is 17.2 Å². The van der Waals surface area contributed by atoms with E-state index in [-0.39, 0.29) is 10.7 Å². The number of nitrogens with two attached hydrogens (primary N) is 1. The second-order valence-electron chi connectivity index (χ2n) is 3.38. The van der Waals surface area contributed by atoms with Gasteiger partial charge in [0.2, 0.25) is 10.0 Å². The van der Waals surface area contributed by atoms with Crippen LogP contribution in [0.25, 0.3) is 5.65 Å². The highest BCUT2D eigenvalue weighted by molar-refractivity contribution is 7.94. The highest BCUT2D eigenvalue weighted by atomic mass is 32.2. The maximum atomic E-state index is 11.8. The minimum atomic E-state index is -3.85. The Bertz CT molecular complexity index is 779. The van der Waals surface area contributed by atoms with Gasteiger partial charge in [-0.3, -0.25) is 0 Å². The fourth-order valence-corrected chi connectivity index (χ4v) is 3.62. The molecule has 0 unspecified atom stereocenters. The highest BCUT2D eigenvalue weighted by Gasteiger charge is 2.20. The van der Waals surface area contributed by atoms with Crippen molar-refractivity contribution >= 4 is 25.5 Å². The van der Waals surface area contributed by atoms with Crippen LogP contribution in [-0.4, -0.2) is 53.6 Å². The molecule has 0 aliphatic rings. The SMILES string of the molecule is NS(=O)(=O)CCS(=O)(=O)c1ccc2nnnn2n1. The van der Waals surface area contributed by atoms with E-state index >= 15 is 0 Å². The minimum Gasteiger partial charge on any atom is -0.229 e. The second kappa shape index (κ2) is 4.22. The van der Waals surface area contributed by atoms with E-state index in [1.165, 1.54) is 12.1 Å². The van der Waals surface area contributed by atoms with Crippen molar-refractivity contribution in [2.24, 2.45) is 5.14 Å². The Labute approximate surface area is 102 Å². The van der Waals surface area contributed by atoms with Crippen LogP contribution in [0.3, 0.4) is 0 Å². The lowest BCUT2D eigenvalue weighted by Gasteiger charge is -2.02. The van der Waals surface area contributed by atoms with E-state index in [0.29, 0.717) is 0 Å². The molecule has 0 amide bonds. The zero-order valence-corrected chi connectivity index (χ0v) is 10.5. The summed E-state index contributed by atoms with van der Waals surface area (Å²) in [7, 11) is -7.70. The first-order chi connectivity index (χ1) is 8.28. The monoisotopic (exact) mass is 292 g/mol. The largest absolute Gasteiger partial charge is 0.229 e. The number of primary sulfonamides is 1. The minimum absolute atomic E-state index is 0.278. The van der Waals surface area contributed by atoms with E-state index in [1.807, 2.05) is 0 Å². The van der Waals surface area contributed by atoms with E-state index < -0.39 is 31.4 Å². The summed E-state index contributed by atoms with van der Waals surface area (Å²) in [6.07, 6.45) is 0. The molecule has 10 nitrogen and oxygen atoms in total. The lowest BCUT2D eigenvalue weighted by atomic mass is 10.6. The second-order valence-corrected chi connectivity index (χ2v) is 7.17. The molecule has 0 saturated heterocycles. The molecule has 0 spiro atoms. The number of hydrogen-bond donors (Lipinski definition) is 1. The van der Waals surface area contributed by atoms with Crippen LogP contribution in [0.4, 0.5) is 0 Å². The highest BCUT2D eigenvalue weighted by Crippen LogP contribution is 2.08. The standard InChI is InChI=1S/C6H8N6O4S2/c7-18(15,16)4-3-17(13,14)6-2-1-5-8-10-11-12(5)9-6/h1-2H,3-4H2,(H2,7,15,16). The Morgan fingerprint density at radius 1 is 1.17 bits per heavy atom. The van der Waals surface area contributed by atoms with Crippen LogP contribution in [0.2, 0.25) is 0 Å². The summed E-state index contributed by atoms with van der Waals surface area (Å²) in [6.45, 7) is 0. The van der Waals surface area contributed by atoms with E-state index in [9.17, 15) is 16.8 Å². The third kappa shape index (κ3) is 2.77. The first-order valence-electron chi connectivity index (χ1n) is 4.57. The third-order valence-electron chi connectivity index (χ3n) is 2.00. The van der Waals surface area contributed by atoms with Crippen molar-refractivity contribution in [2.75, 3.05) is 11.5 Å². The molecule has 0 aliphatic carbocycles. The van der Waals surface area contributed by atoms with E-state index in [2.05, 4.69) is 20.6 Å². The molecule has 98 valence electrons. The summed E-state index contributed by atoms with van der Waals surface area (Å²) < 4.78 is 46.0. The van der Waals surface area contributed by atoms with E-state index in [0.717, 1.165) is 4.63 Å². The van der Waals surface area contributed by atoms with Crippen LogP contribution >= 0.6 is 0 Å². The molecule has 0 aliphatic heterocycles. The molecule has 2 rings (SSSR count). The van der Waals surface area contributed by atoms with Crippen molar-refractivity contribution in [3.05, 3.63) is 12.1 Å². The lowest BCUT2D eigenvalue weighted by molar-refractivity contribution is 0.581. The van der Waals surface area contributed by atoms with Crippen molar-refractivity contribution in [1.82, 2.24) is 25.3 Å². The molecule has 0 aromatic carbocycles. The molecule has 2 aromatic rings. The van der Waals surface area contributed by atoms with Crippen molar-refractivity contribution in [1.29, 1.82) is 0 Å². The van der Waals surface area contributed by atoms with Gasteiger partial charge in [0.05, 0.1) is 11.5 Å². The predicted molar refractivity (Wildman–Crippen MR) is 58.6 cm³/mol. The number of tetrazole rings is 1. The van der Waals surface area contributed by atoms with Gasteiger partial charge in [-0.1, -0.05) is 0 Å². The van der Waals surface area contributed by atoms with Crippen LogP contribution in [0, 0.1) is 0 Å². The van der Waals surface area contributed by atoms with Crippen molar-refractivity contribution in [3.63, 3.8) is 0 Å². The smallest absolute Gasteiger partial charge is 0.210 e. The average molecular weight is 292 g/mol. The zero-order valence-electron chi connectivity index (χ0n) is 8.83. The number of hydrogen-bond acceptors (Lipinski definition) is 8. The molecule has 2 N–H and O–H groups in total. The van der Waals surface area contributed by atoms with E-state index in [1.54, 1.807) is 0 Å². The van der Waals surface area contributed by atoms with Gasteiger partial charge in [0.1, 0.15) is 0 Å². The molecular weight excluding hydrogens is 284 g/mol. The van der Waals surface area contributed by atoms with Gasteiger partial charge >= 0.3 is 0 Å². The Kier molecular flexibility index (Phi) is 3.00. The van der Waals surface area contributed by atoms with Crippen molar-refractivity contribution in [3.8, 4) is 0 Å². The summed E-state index contributed by atoms with van der Waals surface area (Å²) in [6, 6.07) is 2.56. The Morgan fingerprint density at radius 2 is 1.89 bits per heavy atom. The number of fused-ring (bicyclic) bond motifs is 1. The van der Waals surface area contributed by atoms with Gasteiger partial charge in [0.25, 0.3) is 0 Å². The molecule has 2 aromatic heterocycles. The molecule has 0 saturated carbocycles. The van der Waals surface area contributed by atoms with Gasteiger partial charge in [-0.05, 0) is 22.6 Å². The molecule has 18 heavy (non-hydrogen) atoms. The van der Waals surface area contributed by atoms with Crippen molar-refractivity contribution in [2.45, 2.75) is 5.03 Å². The van der Waals surface area contributed by atoms with Gasteiger partial charge in [-0.25, -0.2) is 22.0 Å². The molecule has 0 bridgehead atoms. The fourth-order valence-electron chi connectivity index (χ4n) is 1.13. The summed E-state index contributed by atoms with van der Waals surface area (Å²) in [5.41, 5.74) is 0.278.